The number of nitriles is 1. The second-order valence-electron chi connectivity index (χ2n) is 5.12. The molecular weight excluding hydrogens is 379 g/mol. The molecule has 0 spiro atoms. The predicted molar refractivity (Wildman–Crippen MR) is 98.2 cm³/mol. The van der Waals surface area contributed by atoms with Crippen molar-refractivity contribution in [3.05, 3.63) is 33.8 Å². The van der Waals surface area contributed by atoms with Crippen LogP contribution in [-0.2, 0) is 14.6 Å². The van der Waals surface area contributed by atoms with Crippen molar-refractivity contribution >= 4 is 45.4 Å². The molecule has 0 fully saturated rings. The van der Waals surface area contributed by atoms with Crippen LogP contribution < -0.4 is 0 Å². The molecule has 0 heterocycles. The van der Waals surface area contributed by atoms with E-state index in [2.05, 4.69) is 4.90 Å². The van der Waals surface area contributed by atoms with E-state index in [0.29, 0.717) is 17.1 Å². The van der Waals surface area contributed by atoms with Crippen LogP contribution in [0.3, 0.4) is 0 Å². The first kappa shape index (κ1) is 22.5. The van der Waals surface area contributed by atoms with E-state index in [1.54, 1.807) is 6.07 Å². The van der Waals surface area contributed by atoms with Crippen LogP contribution >= 0.6 is 35.6 Å². The Morgan fingerprint density at radius 1 is 1.22 bits per heavy atom. The van der Waals surface area contributed by atoms with Gasteiger partial charge in [0.25, 0.3) is 0 Å². The van der Waals surface area contributed by atoms with Gasteiger partial charge in [0, 0.05) is 12.8 Å². The zero-order valence-electron chi connectivity index (χ0n) is 13.3. The number of hydrogen-bond donors (Lipinski definition) is 0. The highest BCUT2D eigenvalue weighted by atomic mass is 35.5. The van der Waals surface area contributed by atoms with Gasteiger partial charge in [-0.15, -0.1) is 12.4 Å². The monoisotopic (exact) mass is 398 g/mol. The highest BCUT2D eigenvalue weighted by Gasteiger charge is 2.43. The zero-order chi connectivity index (χ0) is 17.0. The number of hydrogen-bond acceptors (Lipinski definition) is 4. The molecule has 130 valence electrons. The van der Waals surface area contributed by atoms with Gasteiger partial charge in [-0.1, -0.05) is 43.1 Å². The fraction of sp³-hybridized carbons (Fsp3) is 0.533. The summed E-state index contributed by atoms with van der Waals surface area (Å²) >= 11 is 11.9. The lowest BCUT2D eigenvalue weighted by Crippen LogP contribution is -2.38. The molecule has 0 bridgehead atoms. The van der Waals surface area contributed by atoms with Gasteiger partial charge in [0.05, 0.1) is 16.1 Å². The van der Waals surface area contributed by atoms with Crippen LogP contribution in [0.4, 0.5) is 0 Å². The smallest absolute Gasteiger partial charge is 0.184 e. The first-order valence-electron chi connectivity index (χ1n) is 7.00. The lowest BCUT2D eigenvalue weighted by atomic mass is 9.95. The van der Waals surface area contributed by atoms with Crippen molar-refractivity contribution in [1.82, 2.24) is 4.90 Å². The molecule has 0 N–H and O–H groups in total. The summed E-state index contributed by atoms with van der Waals surface area (Å²) in [6.45, 7) is 6.09. The second-order valence-corrected chi connectivity index (χ2v) is 8.17. The number of nitrogens with zero attached hydrogens (tertiary/aromatic N) is 2. The van der Waals surface area contributed by atoms with Crippen LogP contribution in [0.15, 0.2) is 18.2 Å². The zero-order valence-corrected chi connectivity index (χ0v) is 16.5. The van der Waals surface area contributed by atoms with Gasteiger partial charge in [0.1, 0.15) is 0 Å². The molecule has 1 aromatic rings. The highest BCUT2D eigenvalue weighted by Crippen LogP contribution is 2.36. The minimum absolute atomic E-state index is 0. The molecule has 0 radical (unpaired) electrons. The maximum atomic E-state index is 12.4. The molecule has 23 heavy (non-hydrogen) atoms. The molecule has 8 heteroatoms. The van der Waals surface area contributed by atoms with E-state index in [0.717, 1.165) is 19.3 Å². The van der Waals surface area contributed by atoms with Crippen molar-refractivity contribution in [2.45, 2.75) is 25.0 Å². The Morgan fingerprint density at radius 2 is 1.78 bits per heavy atom. The molecule has 0 aliphatic carbocycles. The van der Waals surface area contributed by atoms with Gasteiger partial charge in [0.15, 0.2) is 14.6 Å². The molecule has 0 saturated carbocycles. The summed E-state index contributed by atoms with van der Waals surface area (Å²) in [6.07, 6.45) is 1.27. The van der Waals surface area contributed by atoms with Crippen LogP contribution in [0, 0.1) is 11.3 Å². The van der Waals surface area contributed by atoms with Gasteiger partial charge in [0.2, 0.25) is 0 Å². The van der Waals surface area contributed by atoms with Gasteiger partial charge in [-0.05, 0) is 37.2 Å². The van der Waals surface area contributed by atoms with E-state index in [9.17, 15) is 13.7 Å². The molecular formula is C15H21Cl3N2O2S. The summed E-state index contributed by atoms with van der Waals surface area (Å²) in [5.41, 5.74) is 0.360. The Hall–Kier alpha value is -0.510. The van der Waals surface area contributed by atoms with Crippen LogP contribution in [-0.4, -0.2) is 39.2 Å². The maximum absolute atomic E-state index is 12.4. The van der Waals surface area contributed by atoms with Crippen molar-refractivity contribution < 1.29 is 8.42 Å². The minimum atomic E-state index is -3.66. The number of benzene rings is 1. The summed E-state index contributed by atoms with van der Waals surface area (Å²) in [5.74, 6) is 0. The van der Waals surface area contributed by atoms with Crippen molar-refractivity contribution in [3.8, 4) is 6.07 Å². The lowest BCUT2D eigenvalue weighted by molar-refractivity contribution is 0.290. The van der Waals surface area contributed by atoms with Gasteiger partial charge >= 0.3 is 0 Å². The Kier molecular flexibility index (Phi) is 8.90. The molecule has 1 aromatic carbocycles. The van der Waals surface area contributed by atoms with Crippen molar-refractivity contribution in [3.63, 3.8) is 0 Å². The standard InChI is InChI=1S/C15H20Cl2N2O2S.ClH/c1-4-19(5-2)9-8-15(11-18,22(3,20)21)12-6-7-13(16)14(17)10-12;/h6-7,10H,4-5,8-9H2,1-3H3;1H. The second kappa shape index (κ2) is 9.10. The van der Waals surface area contributed by atoms with Crippen molar-refractivity contribution in [2.75, 3.05) is 25.9 Å². The van der Waals surface area contributed by atoms with Crippen LogP contribution in [0.1, 0.15) is 25.8 Å². The Morgan fingerprint density at radius 3 is 2.17 bits per heavy atom. The summed E-state index contributed by atoms with van der Waals surface area (Å²) in [5, 5.41) is 10.2. The third-order valence-electron chi connectivity index (χ3n) is 3.87. The summed E-state index contributed by atoms with van der Waals surface area (Å²) < 4.78 is 23.1. The van der Waals surface area contributed by atoms with Crippen LogP contribution in [0.25, 0.3) is 0 Å². The molecule has 1 rings (SSSR count). The highest BCUT2D eigenvalue weighted by molar-refractivity contribution is 7.91. The fourth-order valence-electron chi connectivity index (χ4n) is 2.35. The average Bonchev–Trinajstić information content (AvgIpc) is 2.46. The van der Waals surface area contributed by atoms with Crippen molar-refractivity contribution in [2.24, 2.45) is 0 Å². The molecule has 0 saturated heterocycles. The van der Waals surface area contributed by atoms with Gasteiger partial charge < -0.3 is 4.90 Å². The van der Waals surface area contributed by atoms with E-state index in [1.807, 2.05) is 19.9 Å². The molecule has 0 amide bonds. The van der Waals surface area contributed by atoms with Gasteiger partial charge in [-0.2, -0.15) is 5.26 Å². The SMILES string of the molecule is CCN(CC)CCC(C#N)(c1ccc(Cl)c(Cl)c1)S(C)(=O)=O.Cl. The normalized spacial score (nSPS) is 14.0. The number of halogens is 3. The molecule has 0 aliphatic heterocycles. The number of sulfone groups is 1. The minimum Gasteiger partial charge on any atom is -0.304 e. The average molecular weight is 400 g/mol. The van der Waals surface area contributed by atoms with E-state index in [4.69, 9.17) is 23.2 Å². The molecule has 0 aromatic heterocycles. The summed E-state index contributed by atoms with van der Waals surface area (Å²) in [6, 6.07) is 6.55. The van der Waals surface area contributed by atoms with Gasteiger partial charge in [-0.3, -0.25) is 0 Å². The first-order valence-corrected chi connectivity index (χ1v) is 9.65. The van der Waals surface area contributed by atoms with Gasteiger partial charge in [-0.25, -0.2) is 8.42 Å². The largest absolute Gasteiger partial charge is 0.304 e. The molecule has 1 unspecified atom stereocenters. The van der Waals surface area contributed by atoms with Crippen LogP contribution in [0.2, 0.25) is 10.0 Å². The number of rotatable bonds is 7. The van der Waals surface area contributed by atoms with E-state index >= 15 is 0 Å². The Labute approximate surface area is 154 Å². The lowest BCUT2D eigenvalue weighted by Gasteiger charge is -2.28. The van der Waals surface area contributed by atoms with E-state index in [1.165, 1.54) is 12.1 Å². The summed E-state index contributed by atoms with van der Waals surface area (Å²) in [7, 11) is -3.66. The summed E-state index contributed by atoms with van der Waals surface area (Å²) in [4.78, 5) is 2.08. The fourth-order valence-corrected chi connectivity index (χ4v) is 3.83. The molecule has 0 aliphatic rings. The quantitative estimate of drug-likeness (QED) is 0.697. The van der Waals surface area contributed by atoms with E-state index in [-0.39, 0.29) is 23.9 Å². The third-order valence-corrected chi connectivity index (χ3v) is 6.41. The van der Waals surface area contributed by atoms with E-state index < -0.39 is 14.6 Å². The first-order chi connectivity index (χ1) is 10.2. The predicted octanol–water partition coefficient (Wildman–Crippen LogP) is 3.91. The Bertz CT molecular complexity index is 670. The molecule has 1 atom stereocenters. The van der Waals surface area contributed by atoms with Crippen molar-refractivity contribution in [1.29, 1.82) is 5.26 Å². The maximum Gasteiger partial charge on any atom is 0.184 e. The van der Waals surface area contributed by atoms with Crippen LogP contribution in [0.5, 0.6) is 0 Å². The third kappa shape index (κ3) is 4.98. The Balaban J connectivity index is 0.00000484. The topological polar surface area (TPSA) is 61.2 Å². The molecule has 4 nitrogen and oxygen atoms in total.